The number of nitro benzene ring substituents is 1. The average molecular weight is 264 g/mol. The zero-order chi connectivity index (χ0) is 12.3. The molecule has 2 N–H and O–H groups in total. The molecule has 1 rings (SSSR count). The molecule has 88 valence electrons. The van der Waals surface area contributed by atoms with Gasteiger partial charge in [0.2, 0.25) is 0 Å². The first kappa shape index (κ1) is 13.2. The van der Waals surface area contributed by atoms with Crippen LogP contribution in [0, 0.1) is 10.1 Å². The molecular weight excluding hydrogens is 254 g/mol. The zero-order valence-corrected chi connectivity index (χ0v) is 9.73. The Balaban J connectivity index is 3.17. The lowest BCUT2D eigenvalue weighted by Crippen LogP contribution is -2.20. The van der Waals surface area contributed by atoms with Gasteiger partial charge in [-0.2, -0.15) is 12.6 Å². The Morgan fingerprint density at radius 3 is 2.62 bits per heavy atom. The molecule has 0 spiro atoms. The minimum Gasteiger partial charge on any atom is -0.389 e. The first-order chi connectivity index (χ1) is 7.47. The van der Waals surface area contributed by atoms with Crippen molar-refractivity contribution in [3.63, 3.8) is 0 Å². The maximum Gasteiger partial charge on any atom is 0.276 e. The minimum absolute atomic E-state index is 0.000940. The summed E-state index contributed by atoms with van der Waals surface area (Å²) < 4.78 is 0. The highest BCUT2D eigenvalue weighted by Gasteiger charge is 2.25. The van der Waals surface area contributed by atoms with Gasteiger partial charge in [-0.15, -0.1) is 0 Å². The van der Waals surface area contributed by atoms with Crippen molar-refractivity contribution in [1.29, 1.82) is 0 Å². The predicted octanol–water partition coefficient (Wildman–Crippen LogP) is 1.57. The van der Waals surface area contributed by atoms with Gasteiger partial charge in [0.1, 0.15) is 6.10 Å². The standard InChI is InChI=1S/C9H10ClNO4S/c10-5-1-2-6(7(3-5)11(14)15)9(13)8(12)4-16/h1-3,8-9,12-13,16H,4H2. The largest absolute Gasteiger partial charge is 0.389 e. The number of nitrogens with zero attached hydrogens (tertiary/aromatic N) is 1. The van der Waals surface area contributed by atoms with Crippen LogP contribution < -0.4 is 0 Å². The highest BCUT2D eigenvalue weighted by molar-refractivity contribution is 7.80. The average Bonchev–Trinajstić information content (AvgIpc) is 2.26. The summed E-state index contributed by atoms with van der Waals surface area (Å²) in [6.07, 6.45) is -2.52. The highest BCUT2D eigenvalue weighted by Crippen LogP contribution is 2.30. The predicted molar refractivity (Wildman–Crippen MR) is 62.9 cm³/mol. The fourth-order valence-electron chi connectivity index (χ4n) is 1.23. The molecule has 0 radical (unpaired) electrons. The molecule has 0 aliphatic rings. The normalized spacial score (nSPS) is 14.5. The molecule has 0 amide bonds. The van der Waals surface area contributed by atoms with Crippen LogP contribution in [0.5, 0.6) is 0 Å². The molecule has 5 nitrogen and oxygen atoms in total. The summed E-state index contributed by atoms with van der Waals surface area (Å²) in [5.74, 6) is 0.000940. The summed E-state index contributed by atoms with van der Waals surface area (Å²) in [4.78, 5) is 10.1. The van der Waals surface area contributed by atoms with Gasteiger partial charge in [-0.05, 0) is 12.1 Å². The Kier molecular flexibility index (Phi) is 4.55. The highest BCUT2D eigenvalue weighted by atomic mass is 35.5. The summed E-state index contributed by atoms with van der Waals surface area (Å²) in [5, 5.41) is 30.0. The quantitative estimate of drug-likeness (QED) is 0.437. The van der Waals surface area contributed by atoms with E-state index in [9.17, 15) is 20.3 Å². The van der Waals surface area contributed by atoms with Gasteiger partial charge in [-0.25, -0.2) is 0 Å². The minimum atomic E-state index is -1.35. The molecule has 0 heterocycles. The third kappa shape index (κ3) is 2.85. The second-order valence-corrected chi connectivity index (χ2v) is 3.96. The van der Waals surface area contributed by atoms with E-state index in [1.165, 1.54) is 12.1 Å². The zero-order valence-electron chi connectivity index (χ0n) is 8.08. The van der Waals surface area contributed by atoms with Crippen LogP contribution in [-0.4, -0.2) is 27.0 Å². The van der Waals surface area contributed by atoms with Gasteiger partial charge < -0.3 is 10.2 Å². The molecule has 0 saturated carbocycles. The van der Waals surface area contributed by atoms with Crippen molar-refractivity contribution < 1.29 is 15.1 Å². The molecule has 1 aromatic rings. The van der Waals surface area contributed by atoms with Crippen molar-refractivity contribution in [3.05, 3.63) is 38.9 Å². The summed E-state index contributed by atoms with van der Waals surface area (Å²) >= 11 is 9.42. The van der Waals surface area contributed by atoms with Crippen LogP contribution in [0.2, 0.25) is 5.02 Å². The summed E-state index contributed by atoms with van der Waals surface area (Å²) in [5.41, 5.74) is -0.295. The van der Waals surface area contributed by atoms with Crippen molar-refractivity contribution in [3.8, 4) is 0 Å². The Bertz CT molecular complexity index is 401. The number of nitro groups is 1. The van der Waals surface area contributed by atoms with Gasteiger partial charge in [0.15, 0.2) is 0 Å². The van der Waals surface area contributed by atoms with Crippen LogP contribution >= 0.6 is 24.2 Å². The monoisotopic (exact) mass is 263 g/mol. The van der Waals surface area contributed by atoms with Crippen molar-refractivity contribution in [2.24, 2.45) is 0 Å². The van der Waals surface area contributed by atoms with Gasteiger partial charge >= 0.3 is 0 Å². The molecule has 7 heteroatoms. The third-order valence-corrected chi connectivity index (χ3v) is 2.67. The Labute approximate surface area is 102 Å². The van der Waals surface area contributed by atoms with Crippen molar-refractivity contribution in [2.45, 2.75) is 12.2 Å². The van der Waals surface area contributed by atoms with Crippen molar-refractivity contribution in [1.82, 2.24) is 0 Å². The van der Waals surface area contributed by atoms with Crippen LogP contribution in [-0.2, 0) is 0 Å². The summed E-state index contributed by atoms with van der Waals surface area (Å²) in [7, 11) is 0. The van der Waals surface area contributed by atoms with Gasteiger partial charge in [0, 0.05) is 16.8 Å². The van der Waals surface area contributed by atoms with E-state index < -0.39 is 17.1 Å². The fourth-order valence-corrected chi connectivity index (χ4v) is 1.60. The fraction of sp³-hybridized carbons (Fsp3) is 0.333. The molecule has 2 atom stereocenters. The molecule has 0 fully saturated rings. The number of benzene rings is 1. The molecule has 0 aromatic heterocycles. The lowest BCUT2D eigenvalue weighted by atomic mass is 10.0. The molecular formula is C9H10ClNO4S. The molecule has 2 unspecified atom stereocenters. The van der Waals surface area contributed by atoms with Crippen LogP contribution in [0.25, 0.3) is 0 Å². The number of aliphatic hydroxyl groups excluding tert-OH is 2. The maximum absolute atomic E-state index is 10.7. The lowest BCUT2D eigenvalue weighted by Gasteiger charge is -2.16. The van der Waals surface area contributed by atoms with Crippen LogP contribution in [0.3, 0.4) is 0 Å². The van der Waals surface area contributed by atoms with Gasteiger partial charge in [-0.1, -0.05) is 11.6 Å². The van der Waals surface area contributed by atoms with Crippen LogP contribution in [0.1, 0.15) is 11.7 Å². The summed E-state index contributed by atoms with van der Waals surface area (Å²) in [6, 6.07) is 3.86. The van der Waals surface area contributed by atoms with Gasteiger partial charge in [0.05, 0.1) is 16.6 Å². The number of halogens is 1. The smallest absolute Gasteiger partial charge is 0.276 e. The van der Waals surface area contributed by atoms with Crippen molar-refractivity contribution >= 4 is 29.9 Å². The Morgan fingerprint density at radius 1 is 1.50 bits per heavy atom. The molecule has 0 saturated heterocycles. The maximum atomic E-state index is 10.7. The number of aliphatic hydroxyl groups is 2. The van der Waals surface area contributed by atoms with Crippen LogP contribution in [0.15, 0.2) is 18.2 Å². The lowest BCUT2D eigenvalue weighted by molar-refractivity contribution is -0.386. The number of thiol groups is 1. The second kappa shape index (κ2) is 5.49. The van der Waals surface area contributed by atoms with E-state index >= 15 is 0 Å². The first-order valence-corrected chi connectivity index (χ1v) is 5.39. The van der Waals surface area contributed by atoms with E-state index in [0.29, 0.717) is 0 Å². The number of hydrogen-bond acceptors (Lipinski definition) is 5. The number of rotatable bonds is 4. The van der Waals surface area contributed by atoms with E-state index in [1.54, 1.807) is 0 Å². The Hall–Kier alpha value is -0.820. The van der Waals surface area contributed by atoms with E-state index in [0.717, 1.165) is 6.07 Å². The second-order valence-electron chi connectivity index (χ2n) is 3.16. The number of hydrogen-bond donors (Lipinski definition) is 3. The van der Waals surface area contributed by atoms with E-state index in [1.807, 2.05) is 0 Å². The third-order valence-electron chi connectivity index (χ3n) is 2.06. The van der Waals surface area contributed by atoms with Gasteiger partial charge in [0.25, 0.3) is 5.69 Å². The SMILES string of the molecule is O=[N+]([O-])c1cc(Cl)ccc1C(O)C(O)CS. The first-order valence-electron chi connectivity index (χ1n) is 4.38. The van der Waals surface area contributed by atoms with Crippen LogP contribution in [0.4, 0.5) is 5.69 Å². The Morgan fingerprint density at radius 2 is 2.12 bits per heavy atom. The molecule has 1 aromatic carbocycles. The van der Waals surface area contributed by atoms with E-state index in [2.05, 4.69) is 12.6 Å². The molecule has 16 heavy (non-hydrogen) atoms. The van der Waals surface area contributed by atoms with Crippen molar-refractivity contribution in [2.75, 3.05) is 5.75 Å². The van der Waals surface area contributed by atoms with E-state index in [4.69, 9.17) is 11.6 Å². The molecule has 0 aliphatic carbocycles. The van der Waals surface area contributed by atoms with Gasteiger partial charge in [-0.3, -0.25) is 10.1 Å². The summed E-state index contributed by atoms with van der Waals surface area (Å²) in [6.45, 7) is 0. The molecule has 0 bridgehead atoms. The van der Waals surface area contributed by atoms with E-state index in [-0.39, 0.29) is 22.0 Å². The molecule has 0 aliphatic heterocycles. The topological polar surface area (TPSA) is 83.6 Å².